The smallest absolute Gasteiger partial charge is 0.231 e. The van der Waals surface area contributed by atoms with Crippen molar-refractivity contribution >= 4 is 70.4 Å². The van der Waals surface area contributed by atoms with Crippen molar-refractivity contribution in [3.05, 3.63) is 23.6 Å². The number of fused-ring (bicyclic) bond motifs is 1. The highest BCUT2D eigenvalue weighted by molar-refractivity contribution is 14.2. The van der Waals surface area contributed by atoms with Crippen LogP contribution in [0.4, 0.5) is 17.5 Å². The summed E-state index contributed by atoms with van der Waals surface area (Å²) in [7, 11) is 1.58. The van der Waals surface area contributed by atoms with Gasteiger partial charge in [0.15, 0.2) is 10.8 Å². The molecule has 0 radical (unpaired) electrons. The van der Waals surface area contributed by atoms with Gasteiger partial charge >= 0.3 is 0 Å². The van der Waals surface area contributed by atoms with Crippen molar-refractivity contribution in [2.45, 2.75) is 45.7 Å². The quantitative estimate of drug-likeness (QED) is 0.394. The van der Waals surface area contributed by atoms with Crippen LogP contribution < -0.4 is 10.6 Å². The Balaban J connectivity index is 1.71. The van der Waals surface area contributed by atoms with Gasteiger partial charge in [0.1, 0.15) is 5.82 Å². The summed E-state index contributed by atoms with van der Waals surface area (Å²) in [5.41, 5.74) is 1.57. The van der Waals surface area contributed by atoms with Crippen molar-refractivity contribution in [1.82, 2.24) is 23.7 Å². The molecule has 1 saturated carbocycles. The fourth-order valence-electron chi connectivity index (χ4n) is 2.98. The van der Waals surface area contributed by atoms with Crippen molar-refractivity contribution in [2.75, 3.05) is 10.6 Å². The van der Waals surface area contributed by atoms with Gasteiger partial charge in [-0.25, -0.2) is 0 Å². The van der Waals surface area contributed by atoms with Gasteiger partial charge in [-0.1, -0.05) is 11.6 Å². The number of nitrogens with one attached hydrogen (secondary N) is 2. The van der Waals surface area contributed by atoms with Crippen LogP contribution in [0.3, 0.4) is 0 Å². The molecule has 27 heavy (non-hydrogen) atoms. The summed E-state index contributed by atoms with van der Waals surface area (Å²) in [6.45, 7) is 6.33. The fourth-order valence-corrected chi connectivity index (χ4v) is 4.43. The summed E-state index contributed by atoms with van der Waals surface area (Å²) in [6, 6.07) is 2.67. The van der Waals surface area contributed by atoms with E-state index in [0.29, 0.717) is 22.8 Å². The Morgan fingerprint density at radius 2 is 2.07 bits per heavy atom. The summed E-state index contributed by atoms with van der Waals surface area (Å²) in [6.07, 6.45) is 6.45. The van der Waals surface area contributed by atoms with Gasteiger partial charge in [-0.2, -0.15) is 15.1 Å². The molecule has 3 aromatic heterocycles. The predicted octanol–water partition coefficient (Wildman–Crippen LogP) is 5.66. The van der Waals surface area contributed by atoms with Crippen LogP contribution in [0.15, 0.2) is 18.5 Å². The number of halogens is 2. The lowest BCUT2D eigenvalue weighted by atomic mass is 10.2. The van der Waals surface area contributed by atoms with Crippen molar-refractivity contribution in [2.24, 2.45) is 5.92 Å². The number of hydrogen-bond acceptors (Lipinski definition) is 6. The van der Waals surface area contributed by atoms with Crippen LogP contribution in [0.2, 0.25) is 5.15 Å². The summed E-state index contributed by atoms with van der Waals surface area (Å²) in [5, 5.41) is 12.6. The molecule has 0 amide bonds. The van der Waals surface area contributed by atoms with E-state index in [-0.39, 0.29) is 6.04 Å². The van der Waals surface area contributed by atoms with Crippen molar-refractivity contribution < 1.29 is 0 Å². The van der Waals surface area contributed by atoms with E-state index in [1.54, 1.807) is 9.12 Å². The number of rotatable bonds is 7. The van der Waals surface area contributed by atoms with E-state index in [1.807, 2.05) is 21.0 Å². The fraction of sp³-hybridized carbons (Fsp3) is 0.471. The van der Waals surface area contributed by atoms with Crippen LogP contribution >= 0.6 is 41.9 Å². The van der Waals surface area contributed by atoms with Crippen molar-refractivity contribution in [1.29, 1.82) is 0 Å². The van der Waals surface area contributed by atoms with E-state index in [4.69, 9.17) is 21.6 Å². The van der Waals surface area contributed by atoms with Gasteiger partial charge in [-0.3, -0.25) is 8.65 Å². The molecule has 7 nitrogen and oxygen atoms in total. The first-order valence-corrected chi connectivity index (χ1v) is 12.6. The maximum Gasteiger partial charge on any atom is 0.231 e. The van der Waals surface area contributed by atoms with Gasteiger partial charge in [0.2, 0.25) is 5.95 Å². The van der Waals surface area contributed by atoms with E-state index in [0.717, 1.165) is 22.8 Å². The van der Waals surface area contributed by atoms with Crippen molar-refractivity contribution in [3.63, 3.8) is 0 Å². The van der Waals surface area contributed by atoms with Crippen LogP contribution in [0.1, 0.15) is 39.7 Å². The largest absolute Gasteiger partial charge is 0.367 e. The van der Waals surface area contributed by atoms with Crippen LogP contribution in [0.5, 0.6) is 0 Å². The highest BCUT2D eigenvalue weighted by Crippen LogP contribution is 2.36. The zero-order chi connectivity index (χ0) is 19.1. The van der Waals surface area contributed by atoms with Gasteiger partial charge in [-0.15, -0.1) is 0 Å². The summed E-state index contributed by atoms with van der Waals surface area (Å²) in [4.78, 5) is 9.44. The van der Waals surface area contributed by atoms with Crippen LogP contribution in [-0.2, 0) is 0 Å². The van der Waals surface area contributed by atoms with Crippen LogP contribution in [0.25, 0.3) is 11.0 Å². The molecule has 1 aliphatic rings. The maximum absolute atomic E-state index is 6.29. The Morgan fingerprint density at radius 1 is 1.30 bits per heavy atom. The van der Waals surface area contributed by atoms with Gasteiger partial charge < -0.3 is 10.6 Å². The first-order chi connectivity index (χ1) is 13.0. The SMILES string of the molecule is CC(C)n1cc(Nc2nc(N[C@@H](C)C3CC3)c3ccn(SI)c3n2)c(Cl)n1. The van der Waals surface area contributed by atoms with E-state index in [2.05, 4.69) is 63.8 Å². The number of hydrogen-bond donors (Lipinski definition) is 2. The lowest BCUT2D eigenvalue weighted by Crippen LogP contribution is -2.18. The summed E-state index contributed by atoms with van der Waals surface area (Å²) < 4.78 is 3.84. The van der Waals surface area contributed by atoms with Crippen LogP contribution in [-0.4, -0.2) is 29.8 Å². The minimum Gasteiger partial charge on any atom is -0.367 e. The Kier molecular flexibility index (Phi) is 5.43. The monoisotopic (exact) mass is 517 g/mol. The van der Waals surface area contributed by atoms with Crippen LogP contribution in [0, 0.1) is 5.92 Å². The maximum atomic E-state index is 6.29. The second kappa shape index (κ2) is 7.67. The molecule has 144 valence electrons. The molecule has 10 heteroatoms. The highest BCUT2D eigenvalue weighted by atomic mass is 127. The summed E-state index contributed by atoms with van der Waals surface area (Å²) in [5.74, 6) is 2.08. The van der Waals surface area contributed by atoms with E-state index in [9.17, 15) is 0 Å². The molecule has 1 fully saturated rings. The van der Waals surface area contributed by atoms with Gasteiger partial charge in [-0.05, 0) is 45.6 Å². The minimum absolute atomic E-state index is 0.228. The normalized spacial score (nSPS) is 15.5. The number of aromatic nitrogens is 5. The summed E-state index contributed by atoms with van der Waals surface area (Å²) >= 11 is 8.54. The molecule has 1 aliphatic carbocycles. The zero-order valence-corrected chi connectivity index (χ0v) is 19.0. The van der Waals surface area contributed by atoms with E-state index in [1.165, 1.54) is 12.8 Å². The third-order valence-corrected chi connectivity index (χ3v) is 6.74. The average molecular weight is 518 g/mol. The first-order valence-electron chi connectivity index (χ1n) is 8.92. The number of nitrogens with zero attached hydrogens (tertiary/aromatic N) is 5. The minimum atomic E-state index is 0.228. The Labute approximate surface area is 179 Å². The molecule has 0 spiro atoms. The lowest BCUT2D eigenvalue weighted by molar-refractivity contribution is 0.533. The van der Waals surface area contributed by atoms with Gasteiger partial charge in [0, 0.05) is 48.6 Å². The molecular formula is C17H21ClIN7S. The Bertz CT molecular complexity index is 966. The van der Waals surface area contributed by atoms with Crippen molar-refractivity contribution in [3.8, 4) is 0 Å². The third kappa shape index (κ3) is 4.00. The molecule has 0 aromatic carbocycles. The molecule has 0 aliphatic heterocycles. The van der Waals surface area contributed by atoms with Gasteiger partial charge in [0.05, 0.1) is 17.3 Å². The average Bonchev–Trinajstić information content (AvgIpc) is 3.31. The third-order valence-electron chi connectivity index (χ3n) is 4.74. The van der Waals surface area contributed by atoms with E-state index < -0.39 is 0 Å². The molecule has 3 heterocycles. The highest BCUT2D eigenvalue weighted by Gasteiger charge is 2.28. The molecule has 4 rings (SSSR count). The molecule has 0 unspecified atom stereocenters. The second-order valence-electron chi connectivity index (χ2n) is 7.15. The molecule has 2 N–H and O–H groups in total. The lowest BCUT2D eigenvalue weighted by Gasteiger charge is -2.15. The molecule has 1 atom stereocenters. The Hall–Kier alpha value is -1.20. The second-order valence-corrected chi connectivity index (χ2v) is 9.22. The molecular weight excluding hydrogens is 497 g/mol. The topological polar surface area (TPSA) is 72.6 Å². The molecule has 0 bridgehead atoms. The van der Waals surface area contributed by atoms with E-state index >= 15 is 0 Å². The molecule has 3 aromatic rings. The Morgan fingerprint density at radius 3 is 2.70 bits per heavy atom. The number of anilines is 3. The molecule has 0 saturated heterocycles. The van der Waals surface area contributed by atoms with Gasteiger partial charge in [0.25, 0.3) is 0 Å². The first kappa shape index (κ1) is 19.1. The predicted molar refractivity (Wildman–Crippen MR) is 121 cm³/mol. The zero-order valence-electron chi connectivity index (χ0n) is 15.3. The standard InChI is InChI=1S/C17H21ClIN7S/c1-9(2)25-8-13(14(18)24-25)21-17-22-15(20-10(3)11-4-5-11)12-6-7-26(27-19)16(12)23-17/h6-11H,4-5H2,1-3H3,(H2,20,21,22,23)/t10-/m0/s1.